The van der Waals surface area contributed by atoms with E-state index in [-0.39, 0.29) is 19.1 Å². The molecule has 202 valence electrons. The number of carbonyl (C=O) groups excluding carboxylic acids is 2. The van der Waals surface area contributed by atoms with Crippen molar-refractivity contribution >= 4 is 38.7 Å². The maximum Gasteiger partial charge on any atom is 0.355 e. The van der Waals surface area contributed by atoms with Crippen molar-refractivity contribution in [2.75, 3.05) is 39.5 Å². The van der Waals surface area contributed by atoms with E-state index in [9.17, 15) is 9.59 Å². The molecule has 0 atom stereocenters. The van der Waals surface area contributed by atoms with Crippen molar-refractivity contribution in [1.29, 1.82) is 0 Å². The van der Waals surface area contributed by atoms with Gasteiger partial charge in [0, 0.05) is 22.9 Å². The third kappa shape index (κ3) is 5.61. The van der Waals surface area contributed by atoms with Gasteiger partial charge in [0.15, 0.2) is 0 Å². The molecule has 8 heteroatoms. The van der Waals surface area contributed by atoms with E-state index in [2.05, 4.69) is 34.1 Å². The Hall–Kier alpha value is -2.84. The lowest BCUT2D eigenvalue weighted by Gasteiger charge is -2.27. The lowest BCUT2D eigenvalue weighted by atomic mass is 9.91. The summed E-state index contributed by atoms with van der Waals surface area (Å²) in [4.78, 5) is 28.4. The van der Waals surface area contributed by atoms with Crippen LogP contribution in [0.3, 0.4) is 0 Å². The Balaban J connectivity index is 1.41. The number of ether oxygens (including phenoxy) is 3. The SMILES string of the molecule is CCOC(=O)c1c(CCCOc2cccc3c2CCCC3)c2cccc(Br)c2n1CC(=O)N1CCOCC1. The molecule has 1 saturated heterocycles. The third-order valence-corrected chi connectivity index (χ3v) is 8.09. The van der Waals surface area contributed by atoms with Gasteiger partial charge in [-0.25, -0.2) is 4.79 Å². The van der Waals surface area contributed by atoms with Crippen LogP contribution < -0.4 is 4.74 Å². The molecule has 0 N–H and O–H groups in total. The summed E-state index contributed by atoms with van der Waals surface area (Å²) in [7, 11) is 0. The molecule has 2 aliphatic rings. The predicted molar refractivity (Wildman–Crippen MR) is 150 cm³/mol. The number of esters is 1. The second kappa shape index (κ2) is 12.3. The number of halogens is 1. The van der Waals surface area contributed by atoms with Gasteiger partial charge in [-0.2, -0.15) is 0 Å². The fourth-order valence-corrected chi connectivity index (χ4v) is 6.22. The number of morpholine rings is 1. The fourth-order valence-electron chi connectivity index (χ4n) is 5.64. The second-order valence-electron chi connectivity index (χ2n) is 9.82. The van der Waals surface area contributed by atoms with Crippen LogP contribution in [0.4, 0.5) is 0 Å². The average molecular weight is 584 g/mol. The minimum Gasteiger partial charge on any atom is -0.493 e. The number of hydrogen-bond donors (Lipinski definition) is 0. The van der Waals surface area contributed by atoms with Gasteiger partial charge in [-0.1, -0.05) is 24.3 Å². The molecule has 0 bridgehead atoms. The van der Waals surface area contributed by atoms with Crippen LogP contribution in [-0.4, -0.2) is 60.9 Å². The molecule has 3 aromatic rings. The number of fused-ring (bicyclic) bond motifs is 2. The summed E-state index contributed by atoms with van der Waals surface area (Å²) in [5.41, 5.74) is 4.93. The fraction of sp³-hybridized carbons (Fsp3) is 0.467. The molecular weight excluding hydrogens is 548 g/mol. The molecule has 0 spiro atoms. The highest BCUT2D eigenvalue weighted by Crippen LogP contribution is 2.34. The van der Waals surface area contributed by atoms with Gasteiger partial charge in [0.1, 0.15) is 18.0 Å². The van der Waals surface area contributed by atoms with E-state index < -0.39 is 5.97 Å². The predicted octanol–water partition coefficient (Wildman–Crippen LogP) is 5.33. The second-order valence-corrected chi connectivity index (χ2v) is 10.7. The van der Waals surface area contributed by atoms with Crippen molar-refractivity contribution < 1.29 is 23.8 Å². The van der Waals surface area contributed by atoms with Crippen LogP contribution in [0.1, 0.15) is 53.4 Å². The highest BCUT2D eigenvalue weighted by molar-refractivity contribution is 9.10. The maximum absolute atomic E-state index is 13.3. The summed E-state index contributed by atoms with van der Waals surface area (Å²) >= 11 is 3.67. The number of hydrogen-bond acceptors (Lipinski definition) is 5. The quantitative estimate of drug-likeness (QED) is 0.252. The molecule has 7 nitrogen and oxygen atoms in total. The van der Waals surface area contributed by atoms with Crippen LogP contribution >= 0.6 is 15.9 Å². The van der Waals surface area contributed by atoms with Crippen molar-refractivity contribution in [2.45, 2.75) is 52.0 Å². The number of rotatable bonds is 9. The van der Waals surface area contributed by atoms with Crippen LogP contribution in [0, 0.1) is 0 Å². The molecule has 38 heavy (non-hydrogen) atoms. The lowest BCUT2D eigenvalue weighted by Crippen LogP contribution is -2.42. The van der Waals surface area contributed by atoms with E-state index in [1.165, 1.54) is 24.0 Å². The monoisotopic (exact) mass is 582 g/mol. The Morgan fingerprint density at radius 1 is 1.05 bits per heavy atom. The molecule has 1 fully saturated rings. The van der Waals surface area contributed by atoms with Crippen molar-refractivity contribution in [2.24, 2.45) is 0 Å². The number of carbonyl (C=O) groups is 2. The molecule has 1 amide bonds. The minimum absolute atomic E-state index is 0.0322. The Bertz CT molecular complexity index is 1310. The van der Waals surface area contributed by atoms with Gasteiger partial charge in [0.2, 0.25) is 5.91 Å². The number of nitrogens with zero attached hydrogens (tertiary/aromatic N) is 2. The summed E-state index contributed by atoms with van der Waals surface area (Å²) in [5, 5.41) is 0.953. The maximum atomic E-state index is 13.3. The molecule has 0 unspecified atom stereocenters. The molecule has 2 aromatic carbocycles. The van der Waals surface area contributed by atoms with E-state index in [1.54, 1.807) is 11.8 Å². The third-order valence-electron chi connectivity index (χ3n) is 7.45. The summed E-state index contributed by atoms with van der Waals surface area (Å²) < 4.78 is 19.8. The van der Waals surface area contributed by atoms with Gasteiger partial charge in [-0.3, -0.25) is 4.79 Å². The summed E-state index contributed by atoms with van der Waals surface area (Å²) in [6.07, 6.45) is 5.99. The highest BCUT2D eigenvalue weighted by Gasteiger charge is 2.28. The number of aryl methyl sites for hydroxylation is 2. The van der Waals surface area contributed by atoms with Gasteiger partial charge in [-0.15, -0.1) is 0 Å². The smallest absolute Gasteiger partial charge is 0.355 e. The molecule has 1 aliphatic heterocycles. The standard InChI is InChI=1S/C30H35BrN2O5/c1-2-37-30(35)29-24(12-7-17-38-26-14-5-9-21-8-3-4-10-22(21)26)23-11-6-13-25(31)28(23)33(29)20-27(34)32-15-18-36-19-16-32/h5-6,9,11,13-14H,2-4,7-8,10,12,15-20H2,1H3. The van der Waals surface area contributed by atoms with E-state index in [1.807, 2.05) is 22.8 Å². The van der Waals surface area contributed by atoms with Gasteiger partial charge >= 0.3 is 5.97 Å². The first-order valence-electron chi connectivity index (χ1n) is 13.6. The van der Waals surface area contributed by atoms with E-state index in [0.717, 1.165) is 46.0 Å². The molecule has 1 aromatic heterocycles. The highest BCUT2D eigenvalue weighted by atomic mass is 79.9. The Morgan fingerprint density at radius 2 is 1.84 bits per heavy atom. The van der Waals surface area contributed by atoms with E-state index >= 15 is 0 Å². The normalized spacial score (nSPS) is 15.4. The Morgan fingerprint density at radius 3 is 2.66 bits per heavy atom. The van der Waals surface area contributed by atoms with Crippen molar-refractivity contribution in [1.82, 2.24) is 9.47 Å². The van der Waals surface area contributed by atoms with Gasteiger partial charge in [-0.05, 0) is 90.2 Å². The zero-order valence-corrected chi connectivity index (χ0v) is 23.6. The first kappa shape index (κ1) is 26.8. The summed E-state index contributed by atoms with van der Waals surface area (Å²) in [6.45, 7) is 4.86. The number of para-hydroxylation sites is 1. The zero-order chi connectivity index (χ0) is 26.5. The van der Waals surface area contributed by atoms with Crippen LogP contribution in [0.25, 0.3) is 10.9 Å². The van der Waals surface area contributed by atoms with Crippen LogP contribution in [-0.2, 0) is 40.1 Å². The summed E-state index contributed by atoms with van der Waals surface area (Å²) in [5.74, 6) is 0.544. The van der Waals surface area contributed by atoms with Gasteiger partial charge in [0.05, 0.1) is 31.9 Å². The van der Waals surface area contributed by atoms with Crippen molar-refractivity contribution in [3.8, 4) is 5.75 Å². The van der Waals surface area contributed by atoms with Gasteiger partial charge < -0.3 is 23.7 Å². The van der Waals surface area contributed by atoms with Crippen molar-refractivity contribution in [3.63, 3.8) is 0 Å². The van der Waals surface area contributed by atoms with Crippen LogP contribution in [0.2, 0.25) is 0 Å². The Labute approximate surface area is 232 Å². The molecular formula is C30H35BrN2O5. The lowest BCUT2D eigenvalue weighted by molar-refractivity contribution is -0.135. The average Bonchev–Trinajstić information content (AvgIpc) is 3.25. The van der Waals surface area contributed by atoms with E-state index in [0.29, 0.717) is 45.0 Å². The minimum atomic E-state index is -0.404. The van der Waals surface area contributed by atoms with Crippen LogP contribution in [0.5, 0.6) is 5.75 Å². The molecule has 0 radical (unpaired) electrons. The molecule has 1 aliphatic carbocycles. The van der Waals surface area contributed by atoms with E-state index in [4.69, 9.17) is 14.2 Å². The topological polar surface area (TPSA) is 70.0 Å². The van der Waals surface area contributed by atoms with Crippen molar-refractivity contribution in [3.05, 3.63) is 63.3 Å². The molecule has 2 heterocycles. The van der Waals surface area contributed by atoms with Gasteiger partial charge in [0.25, 0.3) is 0 Å². The van der Waals surface area contributed by atoms with Crippen LogP contribution in [0.15, 0.2) is 40.9 Å². The first-order valence-corrected chi connectivity index (χ1v) is 14.4. The number of amides is 1. The number of aromatic nitrogens is 1. The largest absolute Gasteiger partial charge is 0.493 e. The summed E-state index contributed by atoms with van der Waals surface area (Å²) in [6, 6.07) is 12.3. The first-order chi connectivity index (χ1) is 18.6. The zero-order valence-electron chi connectivity index (χ0n) is 22.0. The Kier molecular flexibility index (Phi) is 8.69. The molecule has 5 rings (SSSR count). The molecule has 0 saturated carbocycles. The number of benzene rings is 2.